The fraction of sp³-hybridized carbons (Fsp3) is 0.440. The second-order valence-electron chi connectivity index (χ2n) is 8.85. The molecule has 0 amide bonds. The minimum atomic E-state index is -0.303. The van der Waals surface area contributed by atoms with Crippen molar-refractivity contribution in [2.45, 2.75) is 56.7 Å². The smallest absolute Gasteiger partial charge is 0.170 e. The molecule has 0 saturated carbocycles. The van der Waals surface area contributed by atoms with Gasteiger partial charge in [-0.25, -0.2) is 4.39 Å². The Labute approximate surface area is 186 Å². The predicted octanol–water partition coefficient (Wildman–Crippen LogP) is 5.03. The van der Waals surface area contributed by atoms with Crippen molar-refractivity contribution in [2.24, 2.45) is 0 Å². The summed E-state index contributed by atoms with van der Waals surface area (Å²) >= 11 is 0. The van der Waals surface area contributed by atoms with Gasteiger partial charge in [-0.1, -0.05) is 5.16 Å². The van der Waals surface area contributed by atoms with Gasteiger partial charge in [0.25, 0.3) is 0 Å². The van der Waals surface area contributed by atoms with E-state index in [9.17, 15) is 4.39 Å². The number of methoxy groups -OCH3 is 1. The van der Waals surface area contributed by atoms with Crippen molar-refractivity contribution in [3.8, 4) is 17.6 Å². The van der Waals surface area contributed by atoms with Gasteiger partial charge in [0.05, 0.1) is 24.4 Å². The lowest BCUT2D eigenvalue weighted by Gasteiger charge is -2.42. The molecule has 0 radical (unpaired) electrons. The third-order valence-corrected chi connectivity index (χ3v) is 6.92. The quantitative estimate of drug-likeness (QED) is 0.541. The molecular formula is C25H26FN3O3. The van der Waals surface area contributed by atoms with Crippen LogP contribution >= 0.6 is 0 Å². The van der Waals surface area contributed by atoms with Crippen molar-refractivity contribution in [3.05, 3.63) is 53.5 Å². The van der Waals surface area contributed by atoms with Crippen LogP contribution in [-0.2, 0) is 0 Å². The molecule has 6 nitrogen and oxygen atoms in total. The van der Waals surface area contributed by atoms with Gasteiger partial charge in [-0.2, -0.15) is 5.26 Å². The maximum absolute atomic E-state index is 13.5. The Morgan fingerprint density at radius 1 is 1.19 bits per heavy atom. The van der Waals surface area contributed by atoms with Crippen molar-refractivity contribution in [2.75, 3.05) is 13.7 Å². The lowest BCUT2D eigenvalue weighted by Crippen LogP contribution is -2.49. The fourth-order valence-electron chi connectivity index (χ4n) is 5.53. The van der Waals surface area contributed by atoms with E-state index in [0.29, 0.717) is 47.3 Å². The van der Waals surface area contributed by atoms with Crippen LogP contribution in [0.25, 0.3) is 11.0 Å². The zero-order valence-corrected chi connectivity index (χ0v) is 18.3. The van der Waals surface area contributed by atoms with Crippen molar-refractivity contribution in [1.82, 2.24) is 10.1 Å². The van der Waals surface area contributed by atoms with Crippen LogP contribution in [0.15, 0.2) is 40.9 Å². The molecule has 5 rings (SSSR count). The SMILES string of the molecule is COc1cc(C#N)ccc1OCC(C)N1C2CCC1CC(c1noc3cc(F)ccc13)C2. The van der Waals surface area contributed by atoms with E-state index >= 15 is 0 Å². The summed E-state index contributed by atoms with van der Waals surface area (Å²) in [5.74, 6) is 1.25. The van der Waals surface area contributed by atoms with E-state index in [4.69, 9.17) is 19.3 Å². The van der Waals surface area contributed by atoms with E-state index in [1.165, 1.54) is 12.1 Å². The number of hydrogen-bond donors (Lipinski definition) is 0. The molecule has 0 N–H and O–H groups in total. The van der Waals surface area contributed by atoms with Crippen molar-refractivity contribution in [3.63, 3.8) is 0 Å². The molecule has 2 bridgehead atoms. The lowest BCUT2D eigenvalue weighted by atomic mass is 9.86. The van der Waals surface area contributed by atoms with Crippen LogP contribution in [0.2, 0.25) is 0 Å². The molecule has 2 fully saturated rings. The van der Waals surface area contributed by atoms with Gasteiger partial charge < -0.3 is 14.0 Å². The van der Waals surface area contributed by atoms with E-state index in [0.717, 1.165) is 36.8 Å². The summed E-state index contributed by atoms with van der Waals surface area (Å²) in [4.78, 5) is 2.59. The summed E-state index contributed by atoms with van der Waals surface area (Å²) in [6.07, 6.45) is 4.35. The molecule has 0 spiro atoms. The Hall–Kier alpha value is -3.11. The fourth-order valence-corrected chi connectivity index (χ4v) is 5.53. The van der Waals surface area contributed by atoms with Gasteiger partial charge in [0, 0.05) is 41.6 Å². The molecule has 3 atom stereocenters. The molecule has 2 saturated heterocycles. The van der Waals surface area contributed by atoms with E-state index < -0.39 is 0 Å². The Bertz CT molecular complexity index is 1160. The molecule has 166 valence electrons. The van der Waals surface area contributed by atoms with Crippen LogP contribution in [0.3, 0.4) is 0 Å². The number of nitrogens with zero attached hydrogens (tertiary/aromatic N) is 3. The Kier molecular flexibility index (Phi) is 5.48. The Morgan fingerprint density at radius 2 is 1.97 bits per heavy atom. The average Bonchev–Trinajstić information content (AvgIpc) is 3.34. The molecule has 2 aliphatic rings. The summed E-state index contributed by atoms with van der Waals surface area (Å²) < 4.78 is 30.4. The lowest BCUT2D eigenvalue weighted by molar-refractivity contribution is 0.0566. The number of ether oxygens (including phenoxy) is 2. The normalized spacial score (nSPS) is 23.8. The van der Waals surface area contributed by atoms with Crippen LogP contribution in [0.4, 0.5) is 4.39 Å². The summed E-state index contributed by atoms with van der Waals surface area (Å²) in [5.41, 5.74) is 2.03. The summed E-state index contributed by atoms with van der Waals surface area (Å²) in [6, 6.07) is 13.2. The standard InChI is InChI=1S/C25H26FN3O3/c1-15(14-31-22-8-3-16(13-27)9-24(22)30-2)29-19-5-6-20(29)11-17(10-19)25-21-7-4-18(26)12-23(21)32-28-25/h3-4,7-9,12,15,17,19-20H,5-6,10-11,14H2,1-2H3. The second-order valence-corrected chi connectivity index (χ2v) is 8.85. The monoisotopic (exact) mass is 435 g/mol. The first-order valence-electron chi connectivity index (χ1n) is 11.1. The molecule has 3 aromatic rings. The van der Waals surface area contributed by atoms with Crippen molar-refractivity contribution < 1.29 is 18.4 Å². The zero-order valence-electron chi connectivity index (χ0n) is 18.3. The number of halogens is 1. The largest absolute Gasteiger partial charge is 0.493 e. The minimum Gasteiger partial charge on any atom is -0.493 e. The molecule has 2 aliphatic heterocycles. The third-order valence-electron chi connectivity index (χ3n) is 6.92. The van der Waals surface area contributed by atoms with Crippen LogP contribution in [0.5, 0.6) is 11.5 Å². The van der Waals surface area contributed by atoms with Crippen LogP contribution in [-0.4, -0.2) is 41.9 Å². The highest BCUT2D eigenvalue weighted by Gasteiger charge is 2.44. The highest BCUT2D eigenvalue weighted by atomic mass is 19.1. The number of piperidine rings is 1. The summed E-state index contributed by atoms with van der Waals surface area (Å²) in [7, 11) is 1.58. The van der Waals surface area contributed by atoms with Crippen LogP contribution < -0.4 is 9.47 Å². The van der Waals surface area contributed by atoms with Gasteiger partial charge in [-0.3, -0.25) is 4.90 Å². The zero-order chi connectivity index (χ0) is 22.2. The van der Waals surface area contributed by atoms with E-state index in [1.54, 1.807) is 31.4 Å². The van der Waals surface area contributed by atoms with Crippen LogP contribution in [0.1, 0.15) is 49.8 Å². The second kappa shape index (κ2) is 8.44. The number of aromatic nitrogens is 1. The molecule has 0 aliphatic carbocycles. The van der Waals surface area contributed by atoms with Gasteiger partial charge in [-0.05, 0) is 56.9 Å². The van der Waals surface area contributed by atoms with Crippen LogP contribution in [0, 0.1) is 17.1 Å². The molecule has 1 aromatic heterocycles. The van der Waals surface area contributed by atoms with E-state index in [1.807, 2.05) is 0 Å². The number of fused-ring (bicyclic) bond motifs is 3. The predicted molar refractivity (Wildman–Crippen MR) is 117 cm³/mol. The van der Waals surface area contributed by atoms with Gasteiger partial charge in [0.1, 0.15) is 12.4 Å². The number of rotatable bonds is 6. The molecule has 2 aromatic carbocycles. The third kappa shape index (κ3) is 3.69. The molecule has 3 heterocycles. The maximum Gasteiger partial charge on any atom is 0.170 e. The highest BCUT2D eigenvalue weighted by molar-refractivity contribution is 5.80. The van der Waals surface area contributed by atoms with Gasteiger partial charge in [0.15, 0.2) is 17.1 Å². The summed E-state index contributed by atoms with van der Waals surface area (Å²) in [6.45, 7) is 2.75. The molecule has 7 heteroatoms. The minimum absolute atomic E-state index is 0.247. The van der Waals surface area contributed by atoms with Crippen molar-refractivity contribution >= 4 is 11.0 Å². The first kappa shape index (κ1) is 20.8. The first-order chi connectivity index (χ1) is 15.6. The van der Waals surface area contributed by atoms with Gasteiger partial charge in [-0.15, -0.1) is 0 Å². The first-order valence-corrected chi connectivity index (χ1v) is 11.1. The van der Waals surface area contributed by atoms with E-state index in [-0.39, 0.29) is 11.9 Å². The Morgan fingerprint density at radius 3 is 2.69 bits per heavy atom. The molecule has 32 heavy (non-hydrogen) atoms. The number of hydrogen-bond acceptors (Lipinski definition) is 6. The maximum atomic E-state index is 13.5. The summed E-state index contributed by atoms with van der Waals surface area (Å²) in [5, 5.41) is 14.3. The molecule has 3 unspecified atom stereocenters. The van der Waals surface area contributed by atoms with Crippen molar-refractivity contribution in [1.29, 1.82) is 5.26 Å². The highest BCUT2D eigenvalue weighted by Crippen LogP contribution is 2.45. The topological polar surface area (TPSA) is 71.5 Å². The van der Waals surface area contributed by atoms with Gasteiger partial charge >= 0.3 is 0 Å². The molecular weight excluding hydrogens is 409 g/mol. The number of benzene rings is 2. The number of nitriles is 1. The van der Waals surface area contributed by atoms with E-state index in [2.05, 4.69) is 23.0 Å². The average molecular weight is 435 g/mol. The van der Waals surface area contributed by atoms with Gasteiger partial charge in [0.2, 0.25) is 0 Å². The Balaban J connectivity index is 1.27.